The predicted octanol–water partition coefficient (Wildman–Crippen LogP) is 3.94. The van der Waals surface area contributed by atoms with Gasteiger partial charge < -0.3 is 20.4 Å². The molecule has 1 amide bonds. The van der Waals surface area contributed by atoms with Crippen molar-refractivity contribution in [2.75, 3.05) is 42.7 Å². The number of benzene rings is 2. The second kappa shape index (κ2) is 9.74. The highest BCUT2D eigenvalue weighted by Crippen LogP contribution is 2.32. The van der Waals surface area contributed by atoms with E-state index >= 15 is 0 Å². The van der Waals surface area contributed by atoms with E-state index in [1.165, 1.54) is 18.2 Å². The van der Waals surface area contributed by atoms with Gasteiger partial charge in [0.25, 0.3) is 0 Å². The quantitative estimate of drug-likeness (QED) is 0.383. The number of hydrogen-bond donors (Lipinski definition) is 2. The van der Waals surface area contributed by atoms with Gasteiger partial charge in [-0.2, -0.15) is 0 Å². The van der Waals surface area contributed by atoms with Crippen molar-refractivity contribution in [2.45, 2.75) is 12.5 Å². The molecule has 0 aliphatic carbocycles. The molecule has 0 saturated carbocycles. The number of carbonyl (C=O) groups is 1. The number of halogens is 1. The molecule has 4 aromatic rings. The van der Waals surface area contributed by atoms with Crippen LogP contribution in [0.25, 0.3) is 16.9 Å². The molecule has 2 aromatic heterocycles. The molecule has 1 aliphatic heterocycles. The van der Waals surface area contributed by atoms with E-state index in [1.807, 2.05) is 25.2 Å². The van der Waals surface area contributed by atoms with E-state index in [1.54, 1.807) is 29.0 Å². The molecular weight excluding hydrogens is 459 g/mol. The average Bonchev–Trinajstić information content (AvgIpc) is 3.50. The van der Waals surface area contributed by atoms with Crippen LogP contribution in [0.2, 0.25) is 0 Å². The number of rotatable bonds is 7. The van der Waals surface area contributed by atoms with Crippen LogP contribution in [-0.4, -0.2) is 63.6 Å². The summed E-state index contributed by atoms with van der Waals surface area (Å²) in [6.45, 7) is 5.56. The Balaban J connectivity index is 1.45. The highest BCUT2D eigenvalue weighted by molar-refractivity contribution is 6.01. The Morgan fingerprint density at radius 3 is 2.81 bits per heavy atom. The molecule has 10 heteroatoms. The van der Waals surface area contributed by atoms with Crippen LogP contribution in [0.4, 0.5) is 27.4 Å². The smallest absolute Gasteiger partial charge is 0.247 e. The number of amides is 1. The van der Waals surface area contributed by atoms with Crippen molar-refractivity contribution in [3.63, 3.8) is 0 Å². The number of fused-ring (bicyclic) bond motifs is 1. The third kappa shape index (κ3) is 4.76. The minimum absolute atomic E-state index is 0.291. The number of hydrogen-bond acceptors (Lipinski definition) is 7. The third-order valence-electron chi connectivity index (χ3n) is 6.35. The lowest BCUT2D eigenvalue weighted by atomic mass is 10.1. The van der Waals surface area contributed by atoms with Crippen molar-refractivity contribution in [1.82, 2.24) is 24.5 Å². The van der Waals surface area contributed by atoms with Crippen LogP contribution >= 0.6 is 0 Å². The molecule has 2 N–H and O–H groups in total. The zero-order valence-corrected chi connectivity index (χ0v) is 20.1. The van der Waals surface area contributed by atoms with Crippen LogP contribution in [0.5, 0.6) is 0 Å². The molecule has 184 valence electrons. The predicted molar refractivity (Wildman–Crippen MR) is 139 cm³/mol. The zero-order chi connectivity index (χ0) is 25.2. The van der Waals surface area contributed by atoms with Gasteiger partial charge in [-0.05, 0) is 56.4 Å². The van der Waals surface area contributed by atoms with Gasteiger partial charge in [0, 0.05) is 30.9 Å². The molecular formula is C26H27FN8O. The Labute approximate surface area is 208 Å². The van der Waals surface area contributed by atoms with Gasteiger partial charge in [0.15, 0.2) is 5.82 Å². The number of carbonyl (C=O) groups excluding carboxylic acids is 1. The minimum atomic E-state index is -0.347. The summed E-state index contributed by atoms with van der Waals surface area (Å²) in [6, 6.07) is 12.3. The van der Waals surface area contributed by atoms with E-state index in [-0.39, 0.29) is 11.7 Å². The highest BCUT2D eigenvalue weighted by Gasteiger charge is 2.25. The van der Waals surface area contributed by atoms with Crippen molar-refractivity contribution in [1.29, 1.82) is 0 Å². The Bertz CT molecular complexity index is 1430. The number of nitrogens with zero attached hydrogens (tertiary/aromatic N) is 6. The normalized spacial score (nSPS) is 15.7. The lowest BCUT2D eigenvalue weighted by molar-refractivity contribution is -0.111. The van der Waals surface area contributed by atoms with Gasteiger partial charge in [0.1, 0.15) is 11.3 Å². The zero-order valence-electron chi connectivity index (χ0n) is 20.1. The summed E-state index contributed by atoms with van der Waals surface area (Å²) in [5.74, 6) is 0.200. The van der Waals surface area contributed by atoms with Crippen molar-refractivity contribution < 1.29 is 9.18 Å². The largest absolute Gasteiger partial charge is 0.369 e. The fourth-order valence-electron chi connectivity index (χ4n) is 4.44. The van der Waals surface area contributed by atoms with E-state index in [4.69, 9.17) is 0 Å². The number of aromatic nitrogens is 4. The Hall–Kier alpha value is -4.31. The Morgan fingerprint density at radius 1 is 1.22 bits per heavy atom. The van der Waals surface area contributed by atoms with Gasteiger partial charge in [-0.3, -0.25) is 4.79 Å². The van der Waals surface area contributed by atoms with E-state index in [2.05, 4.69) is 49.1 Å². The maximum absolute atomic E-state index is 13.8. The van der Waals surface area contributed by atoms with Crippen molar-refractivity contribution in [2.24, 2.45) is 0 Å². The van der Waals surface area contributed by atoms with E-state index in [0.29, 0.717) is 40.3 Å². The summed E-state index contributed by atoms with van der Waals surface area (Å²) in [5.41, 5.74) is 3.56. The third-order valence-corrected chi connectivity index (χ3v) is 6.35. The summed E-state index contributed by atoms with van der Waals surface area (Å²) in [7, 11) is 4.15. The molecule has 1 fully saturated rings. The summed E-state index contributed by atoms with van der Waals surface area (Å²) >= 11 is 0. The first-order valence-electron chi connectivity index (χ1n) is 11.6. The summed E-state index contributed by atoms with van der Waals surface area (Å²) in [5, 5.41) is 10.7. The van der Waals surface area contributed by atoms with Crippen LogP contribution < -0.4 is 15.5 Å². The van der Waals surface area contributed by atoms with E-state index in [0.717, 1.165) is 25.2 Å². The lowest BCUT2D eigenvalue weighted by Gasteiger charge is -2.29. The lowest BCUT2D eigenvalue weighted by Crippen LogP contribution is -2.34. The average molecular weight is 487 g/mol. The fraction of sp³-hybridized carbons (Fsp3) is 0.231. The van der Waals surface area contributed by atoms with Gasteiger partial charge in [-0.15, -0.1) is 5.10 Å². The molecule has 0 spiro atoms. The number of likely N-dealkylation sites (N-methyl/N-ethyl adjacent to an activating group) is 2. The molecule has 1 saturated heterocycles. The Morgan fingerprint density at radius 2 is 2.06 bits per heavy atom. The monoisotopic (exact) mass is 486 g/mol. The molecule has 1 unspecified atom stereocenters. The van der Waals surface area contributed by atoms with Gasteiger partial charge in [0.2, 0.25) is 11.9 Å². The van der Waals surface area contributed by atoms with Gasteiger partial charge in [-0.1, -0.05) is 18.7 Å². The van der Waals surface area contributed by atoms with Crippen LogP contribution in [-0.2, 0) is 4.79 Å². The molecule has 1 atom stereocenters. The van der Waals surface area contributed by atoms with E-state index in [9.17, 15) is 9.18 Å². The van der Waals surface area contributed by atoms with Crippen LogP contribution in [0.15, 0.2) is 67.5 Å². The summed E-state index contributed by atoms with van der Waals surface area (Å²) in [4.78, 5) is 25.4. The molecule has 1 aliphatic rings. The van der Waals surface area contributed by atoms with Crippen LogP contribution in [0.3, 0.4) is 0 Å². The maximum atomic E-state index is 13.8. The number of nitrogens with one attached hydrogen (secondary N) is 2. The summed E-state index contributed by atoms with van der Waals surface area (Å²) < 4.78 is 15.4. The first-order chi connectivity index (χ1) is 17.4. The first kappa shape index (κ1) is 23.4. The van der Waals surface area contributed by atoms with E-state index < -0.39 is 0 Å². The van der Waals surface area contributed by atoms with Crippen LogP contribution in [0, 0.1) is 5.82 Å². The van der Waals surface area contributed by atoms with Gasteiger partial charge in [-0.25, -0.2) is 18.9 Å². The van der Waals surface area contributed by atoms with Gasteiger partial charge >= 0.3 is 0 Å². The second-order valence-electron chi connectivity index (χ2n) is 8.88. The molecule has 3 heterocycles. The van der Waals surface area contributed by atoms with Crippen LogP contribution in [0.1, 0.15) is 6.42 Å². The molecule has 2 aromatic carbocycles. The number of imidazole rings is 1. The maximum Gasteiger partial charge on any atom is 0.247 e. The standard InChI is InChI=1S/C26H27FN8O/c1-4-24(36)31-22-13-19(8-9-23(22)34(3)20-10-11-33(2)16-20)30-26-29-15-21-14-28-25(35(21)32-26)17-6-5-7-18(27)12-17/h4-9,12-15,20H,1,10-11,16H2,2-3H3,(H,30,32)(H,31,36). The minimum Gasteiger partial charge on any atom is -0.369 e. The molecule has 36 heavy (non-hydrogen) atoms. The number of likely N-dealkylation sites (tertiary alicyclic amines) is 1. The Kier molecular flexibility index (Phi) is 6.34. The fourth-order valence-corrected chi connectivity index (χ4v) is 4.44. The molecule has 0 bridgehead atoms. The van der Waals surface area contributed by atoms with Crippen molar-refractivity contribution >= 4 is 34.4 Å². The van der Waals surface area contributed by atoms with Crippen molar-refractivity contribution in [3.05, 3.63) is 73.3 Å². The molecule has 5 rings (SSSR count). The first-order valence-corrected chi connectivity index (χ1v) is 11.6. The van der Waals surface area contributed by atoms with Gasteiger partial charge in [0.05, 0.1) is 23.8 Å². The van der Waals surface area contributed by atoms with Crippen molar-refractivity contribution in [3.8, 4) is 11.4 Å². The second-order valence-corrected chi connectivity index (χ2v) is 8.88. The SMILES string of the molecule is C=CC(=O)Nc1cc(Nc2ncc3cnc(-c4cccc(F)c4)n3n2)ccc1N(C)C1CCN(C)C1. The molecule has 9 nitrogen and oxygen atoms in total. The number of anilines is 4. The summed E-state index contributed by atoms with van der Waals surface area (Å²) in [6.07, 6.45) is 5.58. The molecule has 0 radical (unpaired) electrons. The topological polar surface area (TPSA) is 90.7 Å². The highest BCUT2D eigenvalue weighted by atomic mass is 19.1.